The molecule has 0 atom stereocenters. The lowest BCUT2D eigenvalue weighted by Crippen LogP contribution is -2.42. The maximum Gasteiger partial charge on any atom is 0.264 e. The van der Waals surface area contributed by atoms with E-state index in [1.807, 2.05) is 0 Å². The van der Waals surface area contributed by atoms with Gasteiger partial charge < -0.3 is 20.1 Å². The summed E-state index contributed by atoms with van der Waals surface area (Å²) < 4.78 is 20.2. The Morgan fingerprint density at radius 3 is 2.71 bits per heavy atom. The monoisotopic (exact) mass is 580 g/mol. The van der Waals surface area contributed by atoms with E-state index >= 15 is 0 Å². The Morgan fingerprint density at radius 1 is 1.12 bits per heavy atom. The first kappa shape index (κ1) is 29.1. The van der Waals surface area contributed by atoms with Crippen LogP contribution in [0.1, 0.15) is 56.2 Å². The number of aromatic nitrogens is 2. The summed E-state index contributed by atoms with van der Waals surface area (Å²) in [6, 6.07) is 12.7. The number of amides is 1. The second-order valence-corrected chi connectivity index (χ2v) is 11.8. The number of fused-ring (bicyclic) bond motifs is 1. The van der Waals surface area contributed by atoms with Gasteiger partial charge in [0.2, 0.25) is 5.91 Å². The number of carbonyl (C=O) groups excluding carboxylic acids is 1. The minimum atomic E-state index is -0.274. The Kier molecular flexibility index (Phi) is 9.95. The Hall–Kier alpha value is -3.37. The SMILES string of the molecule is O=C(CCNCCCCCOc1ccc(F)cc1)N1CCc2nc(SC3CCC3)n(-c3cccc(O)c3)c(=O)c2C1. The molecule has 1 amide bonds. The topological polar surface area (TPSA) is 96.7 Å². The summed E-state index contributed by atoms with van der Waals surface area (Å²) >= 11 is 1.63. The Morgan fingerprint density at radius 2 is 1.95 bits per heavy atom. The largest absolute Gasteiger partial charge is 0.508 e. The van der Waals surface area contributed by atoms with Gasteiger partial charge in [-0.15, -0.1) is 0 Å². The lowest BCUT2D eigenvalue weighted by molar-refractivity contribution is -0.132. The zero-order valence-corrected chi connectivity index (χ0v) is 24.0. The fourth-order valence-electron chi connectivity index (χ4n) is 4.97. The van der Waals surface area contributed by atoms with Crippen LogP contribution in [0.25, 0.3) is 5.69 Å². The van der Waals surface area contributed by atoms with Crippen LogP contribution in [0.4, 0.5) is 4.39 Å². The summed E-state index contributed by atoms with van der Waals surface area (Å²) in [6.45, 7) is 2.78. The third-order valence-electron chi connectivity index (χ3n) is 7.56. The minimum Gasteiger partial charge on any atom is -0.508 e. The van der Waals surface area contributed by atoms with Crippen molar-refractivity contribution in [2.75, 3.05) is 26.2 Å². The van der Waals surface area contributed by atoms with Crippen molar-refractivity contribution in [1.82, 2.24) is 19.8 Å². The van der Waals surface area contributed by atoms with E-state index in [0.29, 0.717) is 59.9 Å². The fraction of sp³-hybridized carbons (Fsp3) is 0.452. The van der Waals surface area contributed by atoms with Gasteiger partial charge in [0.1, 0.15) is 17.3 Å². The maximum absolute atomic E-state index is 13.8. The van der Waals surface area contributed by atoms with Gasteiger partial charge in [0, 0.05) is 37.2 Å². The Labute approximate surface area is 243 Å². The number of nitrogens with one attached hydrogen (secondary N) is 1. The second-order valence-electron chi connectivity index (χ2n) is 10.6. The van der Waals surface area contributed by atoms with Gasteiger partial charge in [0.15, 0.2) is 5.16 Å². The number of unbranched alkanes of at least 4 members (excludes halogenated alkanes) is 2. The van der Waals surface area contributed by atoms with Gasteiger partial charge in [-0.05, 0) is 75.0 Å². The number of phenols is 1. The molecule has 8 nitrogen and oxygen atoms in total. The third-order valence-corrected chi connectivity index (χ3v) is 8.85. The summed E-state index contributed by atoms with van der Waals surface area (Å²) in [5, 5.41) is 14.5. The van der Waals surface area contributed by atoms with Crippen molar-refractivity contribution in [3.63, 3.8) is 0 Å². The van der Waals surface area contributed by atoms with Crippen LogP contribution in [0.2, 0.25) is 0 Å². The van der Waals surface area contributed by atoms with Gasteiger partial charge in [-0.25, -0.2) is 9.37 Å². The zero-order chi connectivity index (χ0) is 28.6. The fourth-order valence-corrected chi connectivity index (χ4v) is 6.30. The van der Waals surface area contributed by atoms with Crippen LogP contribution in [-0.4, -0.2) is 57.0 Å². The number of ether oxygens (including phenoxy) is 1. The number of benzene rings is 2. The molecule has 1 saturated carbocycles. The van der Waals surface area contributed by atoms with E-state index < -0.39 is 0 Å². The molecule has 3 aromatic rings. The number of carbonyl (C=O) groups is 1. The number of hydrogen-bond donors (Lipinski definition) is 2. The van der Waals surface area contributed by atoms with E-state index in [4.69, 9.17) is 9.72 Å². The molecule has 1 fully saturated rings. The van der Waals surface area contributed by atoms with E-state index in [1.54, 1.807) is 57.6 Å². The lowest BCUT2D eigenvalue weighted by atomic mass is 10.0. The number of nitrogens with zero attached hydrogens (tertiary/aromatic N) is 3. The first-order valence-corrected chi connectivity index (χ1v) is 15.3. The number of halogens is 1. The minimum absolute atomic E-state index is 0.0204. The summed E-state index contributed by atoms with van der Waals surface area (Å²) in [5.41, 5.74) is 1.75. The first-order chi connectivity index (χ1) is 20.0. The first-order valence-electron chi connectivity index (χ1n) is 14.5. The molecular weight excluding hydrogens is 543 g/mol. The summed E-state index contributed by atoms with van der Waals surface area (Å²) in [7, 11) is 0. The molecule has 2 heterocycles. The van der Waals surface area contributed by atoms with Crippen LogP contribution < -0.4 is 15.6 Å². The van der Waals surface area contributed by atoms with Gasteiger partial charge in [-0.1, -0.05) is 24.2 Å². The van der Waals surface area contributed by atoms with E-state index in [9.17, 15) is 19.1 Å². The Balaban J connectivity index is 1.10. The second kappa shape index (κ2) is 14.0. The van der Waals surface area contributed by atoms with Gasteiger partial charge in [0.05, 0.1) is 30.1 Å². The predicted molar refractivity (Wildman–Crippen MR) is 157 cm³/mol. The number of rotatable bonds is 13. The number of thioether (sulfide) groups is 1. The highest BCUT2D eigenvalue weighted by molar-refractivity contribution is 7.99. The van der Waals surface area contributed by atoms with Crippen LogP contribution in [0.3, 0.4) is 0 Å². The summed E-state index contributed by atoms with van der Waals surface area (Å²) in [4.78, 5) is 33.4. The maximum atomic E-state index is 13.8. The lowest BCUT2D eigenvalue weighted by Gasteiger charge is -2.30. The van der Waals surface area contributed by atoms with E-state index in [0.717, 1.165) is 44.3 Å². The molecule has 1 aliphatic heterocycles. The summed E-state index contributed by atoms with van der Waals surface area (Å²) in [6.07, 6.45) is 7.21. The predicted octanol–water partition coefficient (Wildman–Crippen LogP) is 4.84. The van der Waals surface area contributed by atoms with Crippen LogP contribution in [0.5, 0.6) is 11.5 Å². The van der Waals surface area contributed by atoms with Crippen LogP contribution in [-0.2, 0) is 17.8 Å². The van der Waals surface area contributed by atoms with Crippen molar-refractivity contribution >= 4 is 17.7 Å². The number of hydrogen-bond acceptors (Lipinski definition) is 7. The van der Waals surface area contributed by atoms with Crippen LogP contribution in [0, 0.1) is 5.82 Å². The van der Waals surface area contributed by atoms with E-state index in [1.165, 1.54) is 18.6 Å². The molecule has 0 bridgehead atoms. The van der Waals surface area contributed by atoms with Crippen molar-refractivity contribution in [1.29, 1.82) is 0 Å². The normalized spacial score (nSPS) is 14.9. The average molecular weight is 581 g/mol. The standard InChI is InChI=1S/C31H37FN4O4S/c32-22-10-12-25(13-11-22)40-19-3-1-2-16-33-17-14-29(38)35-18-15-28-27(21-35)30(39)36(23-6-4-7-24(37)20-23)31(34-28)41-26-8-5-9-26/h4,6-7,10-13,20,26,33,37H,1-3,5,8-9,14-19,21H2. The molecule has 2 aromatic carbocycles. The van der Waals surface area contributed by atoms with Crippen LogP contribution >= 0.6 is 11.8 Å². The molecule has 0 radical (unpaired) electrons. The molecule has 0 saturated heterocycles. The van der Waals surface area contributed by atoms with Gasteiger partial charge in [0.25, 0.3) is 5.56 Å². The van der Waals surface area contributed by atoms with Crippen molar-refractivity contribution in [2.45, 2.75) is 68.3 Å². The zero-order valence-electron chi connectivity index (χ0n) is 23.2. The van der Waals surface area contributed by atoms with Gasteiger partial charge in [-0.3, -0.25) is 14.2 Å². The third kappa shape index (κ3) is 7.68. The molecule has 218 valence electrons. The van der Waals surface area contributed by atoms with Crippen molar-refractivity contribution in [3.05, 3.63) is 76.0 Å². The highest BCUT2D eigenvalue weighted by atomic mass is 32.2. The highest BCUT2D eigenvalue weighted by Crippen LogP contribution is 2.36. The molecule has 41 heavy (non-hydrogen) atoms. The molecular formula is C31H37FN4O4S. The van der Waals surface area contributed by atoms with E-state index in [-0.39, 0.29) is 29.6 Å². The number of phenolic OH excluding ortho intramolecular Hbond substituents is 1. The van der Waals surface area contributed by atoms with Crippen molar-refractivity contribution in [3.8, 4) is 17.2 Å². The average Bonchev–Trinajstić information content (AvgIpc) is 2.95. The quantitative estimate of drug-likeness (QED) is 0.221. The smallest absolute Gasteiger partial charge is 0.264 e. The molecule has 5 rings (SSSR count). The molecule has 10 heteroatoms. The highest BCUT2D eigenvalue weighted by Gasteiger charge is 2.28. The number of aromatic hydroxyl groups is 1. The molecule has 1 aliphatic carbocycles. The molecule has 0 spiro atoms. The van der Waals surface area contributed by atoms with Crippen molar-refractivity contribution < 1.29 is 19.0 Å². The van der Waals surface area contributed by atoms with E-state index in [2.05, 4.69) is 5.32 Å². The molecule has 0 unspecified atom stereocenters. The molecule has 2 aliphatic rings. The molecule has 2 N–H and O–H groups in total. The van der Waals surface area contributed by atoms with Gasteiger partial charge in [-0.2, -0.15) is 0 Å². The van der Waals surface area contributed by atoms with Crippen LogP contribution in [0.15, 0.2) is 58.5 Å². The van der Waals surface area contributed by atoms with Gasteiger partial charge >= 0.3 is 0 Å². The molecule has 1 aromatic heterocycles. The summed E-state index contributed by atoms with van der Waals surface area (Å²) in [5.74, 6) is 0.511. The van der Waals surface area contributed by atoms with Crippen molar-refractivity contribution in [2.24, 2.45) is 0 Å². The Bertz CT molecular complexity index is 1390.